The van der Waals surface area contributed by atoms with E-state index >= 15 is 0 Å². The maximum Gasteiger partial charge on any atom is 0.292 e. The van der Waals surface area contributed by atoms with Gasteiger partial charge in [0.1, 0.15) is 11.3 Å². The van der Waals surface area contributed by atoms with E-state index in [1.54, 1.807) is 25.1 Å². The number of hydrogen-bond donors (Lipinski definition) is 4. The van der Waals surface area contributed by atoms with E-state index in [4.69, 9.17) is 0 Å². The summed E-state index contributed by atoms with van der Waals surface area (Å²) >= 11 is 1.49. The highest BCUT2D eigenvalue weighted by atomic mass is 32.1. The van der Waals surface area contributed by atoms with Crippen LogP contribution in [0.3, 0.4) is 0 Å². The van der Waals surface area contributed by atoms with Crippen molar-refractivity contribution >= 4 is 28.7 Å². The lowest BCUT2D eigenvalue weighted by molar-refractivity contribution is -0.384. The predicted octanol–water partition coefficient (Wildman–Crippen LogP) is 2.53. The smallest absolute Gasteiger partial charge is 0.292 e. The van der Waals surface area contributed by atoms with Crippen LogP contribution in [0.1, 0.15) is 18.7 Å². The second-order valence-corrected chi connectivity index (χ2v) is 7.02. The van der Waals surface area contributed by atoms with Crippen LogP contribution in [-0.2, 0) is 5.60 Å². The quantitative estimate of drug-likeness (QED) is 0.172. The molecule has 1 aromatic heterocycles. The van der Waals surface area contributed by atoms with Gasteiger partial charge in [-0.1, -0.05) is 18.2 Å². The fourth-order valence-corrected chi connectivity index (χ4v) is 3.18. The first kappa shape index (κ1) is 20.7. The third-order valence-corrected chi connectivity index (χ3v) is 4.90. The van der Waals surface area contributed by atoms with E-state index in [1.807, 2.05) is 24.4 Å². The summed E-state index contributed by atoms with van der Waals surface area (Å²) in [4.78, 5) is 15.9. The molecular formula is C18H25N5O3S. The lowest BCUT2D eigenvalue weighted by Gasteiger charge is -2.20. The summed E-state index contributed by atoms with van der Waals surface area (Å²) in [5.74, 6) is 0.582. The van der Waals surface area contributed by atoms with E-state index in [-0.39, 0.29) is 12.2 Å². The highest BCUT2D eigenvalue weighted by Gasteiger charge is 2.24. The van der Waals surface area contributed by atoms with Crippen molar-refractivity contribution in [2.75, 3.05) is 31.5 Å². The van der Waals surface area contributed by atoms with Crippen molar-refractivity contribution in [2.45, 2.75) is 19.4 Å². The molecule has 2 rings (SSSR count). The molecule has 27 heavy (non-hydrogen) atoms. The standard InChI is InChI=1S/C18H25N5O3S/c1-3-19-17(22-13-18(2,24)16-9-6-12-27-16)21-11-10-20-14-7-4-5-8-15(14)23(25)26/h4-9,12,20,24H,3,10-11,13H2,1-2H3,(H2,19,21,22). The second-order valence-electron chi connectivity index (χ2n) is 6.07. The summed E-state index contributed by atoms with van der Waals surface area (Å²) in [5.41, 5.74) is -0.503. The lowest BCUT2D eigenvalue weighted by Crippen LogP contribution is -2.40. The first-order valence-electron chi connectivity index (χ1n) is 8.70. The van der Waals surface area contributed by atoms with E-state index in [0.29, 0.717) is 31.3 Å². The number of aliphatic hydroxyl groups is 1. The molecule has 1 unspecified atom stereocenters. The Hall–Kier alpha value is -2.65. The van der Waals surface area contributed by atoms with Crippen LogP contribution in [0.25, 0.3) is 0 Å². The number of hydrogen-bond acceptors (Lipinski definition) is 6. The van der Waals surface area contributed by atoms with Crippen molar-refractivity contribution in [1.82, 2.24) is 10.6 Å². The molecule has 1 atom stereocenters. The summed E-state index contributed by atoms with van der Waals surface area (Å²) in [6, 6.07) is 10.3. The number of nitrogens with one attached hydrogen (secondary N) is 3. The average molecular weight is 391 g/mol. The average Bonchev–Trinajstić information content (AvgIpc) is 3.19. The van der Waals surface area contributed by atoms with Crippen molar-refractivity contribution in [3.05, 3.63) is 56.8 Å². The van der Waals surface area contributed by atoms with Crippen LogP contribution in [0, 0.1) is 10.1 Å². The van der Waals surface area contributed by atoms with E-state index in [1.165, 1.54) is 17.4 Å². The molecule has 0 saturated heterocycles. The third kappa shape index (κ3) is 6.22. The zero-order valence-corrected chi connectivity index (χ0v) is 16.3. The first-order chi connectivity index (χ1) is 12.9. The Labute approximate surface area is 162 Å². The topological polar surface area (TPSA) is 112 Å². The van der Waals surface area contributed by atoms with Gasteiger partial charge in [-0.25, -0.2) is 4.99 Å². The molecule has 146 valence electrons. The zero-order chi connectivity index (χ0) is 19.7. The van der Waals surface area contributed by atoms with Gasteiger partial charge >= 0.3 is 0 Å². The molecule has 0 saturated carbocycles. The van der Waals surface area contributed by atoms with Gasteiger partial charge in [0, 0.05) is 30.6 Å². The minimum atomic E-state index is -1.03. The monoisotopic (exact) mass is 391 g/mol. The molecule has 1 heterocycles. The van der Waals surface area contributed by atoms with Crippen molar-refractivity contribution in [3.63, 3.8) is 0 Å². The van der Waals surface area contributed by atoms with Gasteiger partial charge in [-0.2, -0.15) is 0 Å². The molecular weight excluding hydrogens is 366 g/mol. The molecule has 1 aromatic carbocycles. The molecule has 0 aliphatic carbocycles. The molecule has 0 amide bonds. The number of aliphatic imine (C=N–C) groups is 1. The van der Waals surface area contributed by atoms with Crippen molar-refractivity contribution in [3.8, 4) is 0 Å². The molecule has 9 heteroatoms. The number of nitro groups is 1. The highest BCUT2D eigenvalue weighted by molar-refractivity contribution is 7.10. The SMILES string of the molecule is CCNC(=NCC(C)(O)c1cccs1)NCCNc1ccccc1[N+](=O)[O-]. The molecule has 0 aliphatic heterocycles. The maximum absolute atomic E-state index is 11.0. The Kier molecular flexibility index (Phi) is 7.56. The van der Waals surface area contributed by atoms with Crippen LogP contribution < -0.4 is 16.0 Å². The van der Waals surface area contributed by atoms with Crippen molar-refractivity contribution in [1.29, 1.82) is 0 Å². The van der Waals surface area contributed by atoms with Crippen LogP contribution in [0.2, 0.25) is 0 Å². The lowest BCUT2D eigenvalue weighted by atomic mass is 10.1. The molecule has 2 aromatic rings. The van der Waals surface area contributed by atoms with Crippen molar-refractivity contribution in [2.24, 2.45) is 4.99 Å². The Morgan fingerprint density at radius 1 is 1.26 bits per heavy atom. The Bertz CT molecular complexity index is 762. The van der Waals surface area contributed by atoms with Gasteiger partial charge < -0.3 is 21.1 Å². The van der Waals surface area contributed by atoms with Crippen LogP contribution in [0.15, 0.2) is 46.8 Å². The summed E-state index contributed by atoms with van der Waals surface area (Å²) in [6.45, 7) is 5.60. The molecule has 0 aliphatic rings. The van der Waals surface area contributed by atoms with Gasteiger partial charge in [-0.3, -0.25) is 10.1 Å². The van der Waals surface area contributed by atoms with Gasteiger partial charge in [0.15, 0.2) is 5.96 Å². The van der Waals surface area contributed by atoms with Gasteiger partial charge in [-0.15, -0.1) is 11.3 Å². The van der Waals surface area contributed by atoms with E-state index in [9.17, 15) is 15.2 Å². The number of thiophene rings is 1. The summed E-state index contributed by atoms with van der Waals surface area (Å²) in [7, 11) is 0. The molecule has 0 radical (unpaired) electrons. The Balaban J connectivity index is 1.88. The number of para-hydroxylation sites is 2. The highest BCUT2D eigenvalue weighted by Crippen LogP contribution is 2.25. The molecule has 0 fully saturated rings. The number of guanidine groups is 1. The maximum atomic E-state index is 11.0. The van der Waals surface area contributed by atoms with Crippen LogP contribution in [0.4, 0.5) is 11.4 Å². The first-order valence-corrected chi connectivity index (χ1v) is 9.58. The Morgan fingerprint density at radius 2 is 2.04 bits per heavy atom. The fourth-order valence-electron chi connectivity index (χ4n) is 2.40. The fraction of sp³-hybridized carbons (Fsp3) is 0.389. The summed E-state index contributed by atoms with van der Waals surface area (Å²) < 4.78 is 0. The summed E-state index contributed by atoms with van der Waals surface area (Å²) in [6.07, 6.45) is 0. The zero-order valence-electron chi connectivity index (χ0n) is 15.4. The van der Waals surface area contributed by atoms with Crippen LogP contribution >= 0.6 is 11.3 Å². The van der Waals surface area contributed by atoms with Gasteiger partial charge in [0.25, 0.3) is 5.69 Å². The number of rotatable bonds is 9. The van der Waals surface area contributed by atoms with Gasteiger partial charge in [0.2, 0.25) is 0 Å². The molecule has 0 spiro atoms. The minimum absolute atomic E-state index is 0.0464. The van der Waals surface area contributed by atoms with Gasteiger partial charge in [0.05, 0.1) is 11.5 Å². The van der Waals surface area contributed by atoms with Crippen LogP contribution in [-0.4, -0.2) is 42.2 Å². The normalized spacial score (nSPS) is 13.7. The Morgan fingerprint density at radius 3 is 2.70 bits per heavy atom. The number of benzene rings is 1. The number of nitrogens with zero attached hydrogens (tertiary/aromatic N) is 2. The second kappa shape index (κ2) is 9.89. The van der Waals surface area contributed by atoms with E-state index in [2.05, 4.69) is 20.9 Å². The molecule has 0 bridgehead atoms. The largest absolute Gasteiger partial charge is 0.383 e. The number of anilines is 1. The molecule has 8 nitrogen and oxygen atoms in total. The van der Waals surface area contributed by atoms with Crippen LogP contribution in [0.5, 0.6) is 0 Å². The predicted molar refractivity (Wildman–Crippen MR) is 109 cm³/mol. The third-order valence-electron chi connectivity index (χ3n) is 3.77. The minimum Gasteiger partial charge on any atom is -0.383 e. The number of nitro benzene ring substituents is 1. The van der Waals surface area contributed by atoms with Crippen molar-refractivity contribution < 1.29 is 10.0 Å². The van der Waals surface area contributed by atoms with E-state index in [0.717, 1.165) is 4.88 Å². The molecule has 4 N–H and O–H groups in total. The van der Waals surface area contributed by atoms with E-state index < -0.39 is 10.5 Å². The van der Waals surface area contributed by atoms with Gasteiger partial charge in [-0.05, 0) is 31.4 Å². The summed E-state index contributed by atoms with van der Waals surface area (Å²) in [5, 5.41) is 32.8.